The van der Waals surface area contributed by atoms with Crippen LogP contribution in [0.2, 0.25) is 5.02 Å². The first kappa shape index (κ1) is 12.4. The van der Waals surface area contributed by atoms with E-state index in [2.05, 4.69) is 0 Å². The standard InChI is InChI=1S/C14H16ClNOS/c1-10(17)16-12-9-11(15)5-6-13(12)18-14(16)7-3-2-4-8-14/h5-6,9H,2-4,7-8H2,1H3. The van der Waals surface area contributed by atoms with Crippen LogP contribution in [0.4, 0.5) is 5.69 Å². The molecule has 1 aliphatic carbocycles. The van der Waals surface area contributed by atoms with E-state index >= 15 is 0 Å². The van der Waals surface area contributed by atoms with E-state index in [4.69, 9.17) is 11.6 Å². The van der Waals surface area contributed by atoms with Gasteiger partial charge in [0.05, 0.1) is 10.6 Å². The first-order valence-electron chi connectivity index (χ1n) is 6.42. The molecule has 0 N–H and O–H groups in total. The average Bonchev–Trinajstić information content (AvgIpc) is 2.62. The minimum absolute atomic E-state index is 0.0445. The highest BCUT2D eigenvalue weighted by Crippen LogP contribution is 2.56. The first-order chi connectivity index (χ1) is 8.62. The highest BCUT2D eigenvalue weighted by atomic mass is 35.5. The Morgan fingerprint density at radius 1 is 1.33 bits per heavy atom. The third-order valence-electron chi connectivity index (χ3n) is 3.82. The van der Waals surface area contributed by atoms with Gasteiger partial charge in [-0.05, 0) is 31.0 Å². The Bertz CT molecular complexity index is 497. The number of benzene rings is 1. The monoisotopic (exact) mass is 281 g/mol. The molecular weight excluding hydrogens is 266 g/mol. The lowest BCUT2D eigenvalue weighted by Gasteiger charge is -2.40. The minimum Gasteiger partial charge on any atom is -0.296 e. The van der Waals surface area contributed by atoms with Crippen LogP contribution in [0.1, 0.15) is 39.0 Å². The van der Waals surface area contributed by atoms with Gasteiger partial charge in [0, 0.05) is 16.8 Å². The largest absolute Gasteiger partial charge is 0.296 e. The Balaban J connectivity index is 2.07. The number of halogens is 1. The van der Waals surface area contributed by atoms with E-state index in [1.54, 1.807) is 6.92 Å². The summed E-state index contributed by atoms with van der Waals surface area (Å²) < 4.78 is 0. The number of rotatable bonds is 0. The fraction of sp³-hybridized carbons (Fsp3) is 0.500. The number of carbonyl (C=O) groups excluding carboxylic acids is 1. The van der Waals surface area contributed by atoms with Gasteiger partial charge in [-0.3, -0.25) is 9.69 Å². The van der Waals surface area contributed by atoms with Gasteiger partial charge in [0.2, 0.25) is 5.91 Å². The predicted octanol–water partition coefficient (Wildman–Crippen LogP) is 4.46. The fourth-order valence-electron chi connectivity index (χ4n) is 3.11. The van der Waals surface area contributed by atoms with Crippen LogP contribution in [0.3, 0.4) is 0 Å². The third kappa shape index (κ3) is 1.84. The van der Waals surface area contributed by atoms with Crippen molar-refractivity contribution in [2.75, 3.05) is 4.90 Å². The van der Waals surface area contributed by atoms with E-state index in [1.807, 2.05) is 34.9 Å². The Morgan fingerprint density at radius 2 is 2.06 bits per heavy atom. The molecule has 1 aliphatic heterocycles. The second kappa shape index (κ2) is 4.46. The van der Waals surface area contributed by atoms with E-state index in [-0.39, 0.29) is 10.8 Å². The summed E-state index contributed by atoms with van der Waals surface area (Å²) >= 11 is 7.92. The average molecular weight is 282 g/mol. The first-order valence-corrected chi connectivity index (χ1v) is 7.61. The molecule has 3 rings (SSSR count). The molecule has 0 saturated heterocycles. The molecule has 0 atom stereocenters. The van der Waals surface area contributed by atoms with Crippen LogP contribution in [-0.4, -0.2) is 10.8 Å². The van der Waals surface area contributed by atoms with E-state index < -0.39 is 0 Å². The molecule has 0 radical (unpaired) electrons. The summed E-state index contributed by atoms with van der Waals surface area (Å²) in [6.45, 7) is 1.66. The van der Waals surface area contributed by atoms with Gasteiger partial charge in [-0.25, -0.2) is 0 Å². The normalized spacial score (nSPS) is 21.1. The Morgan fingerprint density at radius 3 is 2.72 bits per heavy atom. The molecule has 18 heavy (non-hydrogen) atoms. The SMILES string of the molecule is CC(=O)N1c2cc(Cl)ccc2SC12CCCCC2. The third-order valence-corrected chi connectivity index (χ3v) is 5.59. The van der Waals surface area contributed by atoms with Crippen molar-refractivity contribution in [1.29, 1.82) is 0 Å². The van der Waals surface area contributed by atoms with Crippen LogP contribution < -0.4 is 4.90 Å². The highest BCUT2D eigenvalue weighted by molar-refractivity contribution is 8.01. The Labute approximate surface area is 117 Å². The molecule has 0 unspecified atom stereocenters. The van der Waals surface area contributed by atoms with E-state index in [9.17, 15) is 4.79 Å². The fourth-order valence-corrected chi connectivity index (χ4v) is 4.89. The van der Waals surface area contributed by atoms with Gasteiger partial charge in [-0.15, -0.1) is 0 Å². The quantitative estimate of drug-likeness (QED) is 0.700. The molecule has 96 valence electrons. The molecule has 2 aliphatic rings. The maximum Gasteiger partial charge on any atom is 0.225 e. The summed E-state index contributed by atoms with van der Waals surface area (Å²) in [5.74, 6) is 0.130. The van der Waals surface area contributed by atoms with E-state index in [1.165, 1.54) is 24.2 Å². The van der Waals surface area contributed by atoms with E-state index in [0.29, 0.717) is 5.02 Å². The van der Waals surface area contributed by atoms with Crippen molar-refractivity contribution in [3.63, 3.8) is 0 Å². The van der Waals surface area contributed by atoms with Crippen LogP contribution in [0, 0.1) is 0 Å². The van der Waals surface area contributed by atoms with Gasteiger partial charge in [0.25, 0.3) is 0 Å². The lowest BCUT2D eigenvalue weighted by molar-refractivity contribution is -0.117. The lowest BCUT2D eigenvalue weighted by atomic mass is 9.93. The van der Waals surface area contributed by atoms with Gasteiger partial charge in [-0.2, -0.15) is 0 Å². The minimum atomic E-state index is -0.0445. The summed E-state index contributed by atoms with van der Waals surface area (Å²) in [5.41, 5.74) is 1.00. The Hall–Kier alpha value is -0.670. The number of hydrogen-bond acceptors (Lipinski definition) is 2. The molecule has 1 heterocycles. The van der Waals surface area contributed by atoms with E-state index in [0.717, 1.165) is 18.5 Å². The number of carbonyl (C=O) groups is 1. The maximum absolute atomic E-state index is 12.1. The van der Waals surface area contributed by atoms with Crippen LogP contribution in [-0.2, 0) is 4.79 Å². The van der Waals surface area contributed by atoms with Gasteiger partial charge in [0.15, 0.2) is 0 Å². The van der Waals surface area contributed by atoms with Crippen molar-refractivity contribution in [1.82, 2.24) is 0 Å². The van der Waals surface area contributed by atoms with Gasteiger partial charge in [0.1, 0.15) is 0 Å². The topological polar surface area (TPSA) is 20.3 Å². The molecule has 1 fully saturated rings. The zero-order chi connectivity index (χ0) is 12.8. The number of nitrogens with zero attached hydrogens (tertiary/aromatic N) is 1. The molecule has 2 nitrogen and oxygen atoms in total. The van der Waals surface area contributed by atoms with Crippen molar-refractivity contribution in [3.8, 4) is 0 Å². The van der Waals surface area contributed by atoms with Crippen molar-refractivity contribution < 1.29 is 4.79 Å². The van der Waals surface area contributed by atoms with Crippen LogP contribution in [0.5, 0.6) is 0 Å². The highest BCUT2D eigenvalue weighted by Gasteiger charge is 2.47. The molecule has 1 saturated carbocycles. The van der Waals surface area contributed by atoms with Crippen LogP contribution >= 0.6 is 23.4 Å². The zero-order valence-corrected chi connectivity index (χ0v) is 12.0. The maximum atomic E-state index is 12.1. The smallest absolute Gasteiger partial charge is 0.225 e. The summed E-state index contributed by atoms with van der Waals surface area (Å²) in [5, 5.41) is 0.702. The second-order valence-electron chi connectivity index (χ2n) is 5.08. The van der Waals surface area contributed by atoms with Crippen LogP contribution in [0.15, 0.2) is 23.1 Å². The summed E-state index contributed by atoms with van der Waals surface area (Å²) in [6.07, 6.45) is 5.87. The van der Waals surface area contributed by atoms with Crippen molar-refractivity contribution in [2.45, 2.75) is 48.8 Å². The predicted molar refractivity (Wildman–Crippen MR) is 76.3 cm³/mol. The van der Waals surface area contributed by atoms with Crippen molar-refractivity contribution >= 4 is 35.0 Å². The molecule has 4 heteroatoms. The number of thioether (sulfide) groups is 1. The van der Waals surface area contributed by atoms with Gasteiger partial charge in [-0.1, -0.05) is 42.6 Å². The second-order valence-corrected chi connectivity index (χ2v) is 6.92. The molecule has 1 aromatic carbocycles. The Kier molecular flexibility index (Phi) is 3.07. The summed E-state index contributed by atoms with van der Waals surface area (Å²) in [7, 11) is 0. The summed E-state index contributed by atoms with van der Waals surface area (Å²) in [6, 6.07) is 5.88. The summed E-state index contributed by atoms with van der Waals surface area (Å²) in [4.78, 5) is 15.2. The lowest BCUT2D eigenvalue weighted by Crippen LogP contribution is -2.47. The molecular formula is C14H16ClNOS. The van der Waals surface area contributed by atoms with Crippen molar-refractivity contribution in [2.24, 2.45) is 0 Å². The van der Waals surface area contributed by atoms with Crippen LogP contribution in [0.25, 0.3) is 0 Å². The molecule has 1 amide bonds. The zero-order valence-electron chi connectivity index (χ0n) is 10.4. The van der Waals surface area contributed by atoms with Gasteiger partial charge < -0.3 is 0 Å². The van der Waals surface area contributed by atoms with Crippen molar-refractivity contribution in [3.05, 3.63) is 23.2 Å². The molecule has 0 aromatic heterocycles. The molecule has 0 bridgehead atoms. The number of anilines is 1. The molecule has 1 spiro atoms. The number of amides is 1. The number of fused-ring (bicyclic) bond motifs is 1. The number of hydrogen-bond donors (Lipinski definition) is 0. The molecule has 1 aromatic rings. The van der Waals surface area contributed by atoms with Gasteiger partial charge >= 0.3 is 0 Å².